The van der Waals surface area contributed by atoms with E-state index < -0.39 is 6.10 Å². The number of aliphatic hydroxyl groups excluding tert-OH is 1. The van der Waals surface area contributed by atoms with E-state index in [1.807, 2.05) is 18.2 Å². The zero-order valence-corrected chi connectivity index (χ0v) is 12.3. The molecule has 0 saturated heterocycles. The number of aliphatic hydroxyl groups is 1. The van der Waals surface area contributed by atoms with E-state index in [9.17, 15) is 5.11 Å². The summed E-state index contributed by atoms with van der Waals surface area (Å²) >= 11 is 3.40. The Morgan fingerprint density at radius 3 is 2.59 bits per heavy atom. The fourth-order valence-corrected chi connectivity index (χ4v) is 2.03. The average Bonchev–Trinajstić information content (AvgIpc) is 2.25. The monoisotopic (exact) mass is 300 g/mol. The molecule has 0 fully saturated rings. The van der Waals surface area contributed by atoms with Gasteiger partial charge in [-0.25, -0.2) is 0 Å². The molecule has 0 spiro atoms. The lowest BCUT2D eigenvalue weighted by Crippen LogP contribution is -2.03. The van der Waals surface area contributed by atoms with Crippen molar-refractivity contribution in [3.8, 4) is 5.75 Å². The van der Waals surface area contributed by atoms with Crippen molar-refractivity contribution in [2.45, 2.75) is 39.7 Å². The third-order valence-corrected chi connectivity index (χ3v) is 3.10. The maximum Gasteiger partial charge on any atom is 0.125 e. The van der Waals surface area contributed by atoms with Crippen molar-refractivity contribution in [2.75, 3.05) is 6.61 Å². The van der Waals surface area contributed by atoms with Gasteiger partial charge < -0.3 is 9.84 Å². The van der Waals surface area contributed by atoms with Crippen LogP contribution in [0.1, 0.15) is 45.3 Å². The normalized spacial score (nSPS) is 12.8. The van der Waals surface area contributed by atoms with Crippen LogP contribution in [-0.2, 0) is 0 Å². The number of rotatable bonds is 6. The van der Waals surface area contributed by atoms with E-state index in [1.54, 1.807) is 6.92 Å². The molecular formula is C14H21BrO2. The molecule has 0 bridgehead atoms. The summed E-state index contributed by atoms with van der Waals surface area (Å²) < 4.78 is 6.68. The lowest BCUT2D eigenvalue weighted by Gasteiger charge is -2.14. The van der Waals surface area contributed by atoms with Crippen molar-refractivity contribution in [3.05, 3.63) is 28.2 Å². The molecule has 1 N–H and O–H groups in total. The van der Waals surface area contributed by atoms with Gasteiger partial charge in [0, 0.05) is 10.0 Å². The third kappa shape index (κ3) is 5.09. The van der Waals surface area contributed by atoms with E-state index in [2.05, 4.69) is 29.8 Å². The van der Waals surface area contributed by atoms with E-state index >= 15 is 0 Å². The van der Waals surface area contributed by atoms with Gasteiger partial charge in [0.15, 0.2) is 0 Å². The standard InChI is InChI=1S/C14H21BrO2/c1-10(2)5-4-8-17-14-7-6-12(15)9-13(14)11(3)16/h6-7,9-11,16H,4-5,8H2,1-3H3/t11-/m1/s1. The van der Waals surface area contributed by atoms with Crippen LogP contribution >= 0.6 is 15.9 Å². The minimum absolute atomic E-state index is 0.507. The van der Waals surface area contributed by atoms with Crippen LogP contribution in [0.5, 0.6) is 5.75 Å². The molecule has 2 nitrogen and oxygen atoms in total. The van der Waals surface area contributed by atoms with Gasteiger partial charge in [-0.2, -0.15) is 0 Å². The highest BCUT2D eigenvalue weighted by atomic mass is 79.9. The first kappa shape index (κ1) is 14.5. The van der Waals surface area contributed by atoms with Crippen LogP contribution in [-0.4, -0.2) is 11.7 Å². The molecule has 0 amide bonds. The number of hydrogen-bond acceptors (Lipinski definition) is 2. The van der Waals surface area contributed by atoms with Gasteiger partial charge in [-0.1, -0.05) is 29.8 Å². The van der Waals surface area contributed by atoms with Crippen LogP contribution in [0.3, 0.4) is 0 Å². The quantitative estimate of drug-likeness (QED) is 0.793. The summed E-state index contributed by atoms with van der Waals surface area (Å²) in [5, 5.41) is 9.67. The lowest BCUT2D eigenvalue weighted by molar-refractivity contribution is 0.190. The number of hydrogen-bond donors (Lipinski definition) is 1. The van der Waals surface area contributed by atoms with E-state index in [4.69, 9.17) is 4.74 Å². The summed E-state index contributed by atoms with van der Waals surface area (Å²) in [5.41, 5.74) is 0.837. The Bertz CT molecular complexity index is 348. The lowest BCUT2D eigenvalue weighted by atomic mass is 10.1. The molecule has 0 radical (unpaired) electrons. The molecule has 1 rings (SSSR count). The van der Waals surface area contributed by atoms with Crippen LogP contribution < -0.4 is 4.74 Å². The Kier molecular flexibility index (Phi) is 6.00. The zero-order valence-electron chi connectivity index (χ0n) is 10.7. The molecular weight excluding hydrogens is 280 g/mol. The number of ether oxygens (including phenoxy) is 1. The third-order valence-electron chi connectivity index (χ3n) is 2.61. The molecule has 0 aromatic heterocycles. The first-order chi connectivity index (χ1) is 8.00. The van der Waals surface area contributed by atoms with E-state index in [-0.39, 0.29) is 0 Å². The largest absolute Gasteiger partial charge is 0.493 e. The summed E-state index contributed by atoms with van der Waals surface area (Å²) in [7, 11) is 0. The second-order valence-corrected chi connectivity index (χ2v) is 5.66. The Hall–Kier alpha value is -0.540. The topological polar surface area (TPSA) is 29.5 Å². The Morgan fingerprint density at radius 2 is 2.00 bits per heavy atom. The molecule has 0 unspecified atom stereocenters. The number of benzene rings is 1. The first-order valence-electron chi connectivity index (χ1n) is 6.11. The maximum atomic E-state index is 9.67. The highest BCUT2D eigenvalue weighted by Crippen LogP contribution is 2.28. The molecule has 1 atom stereocenters. The van der Waals surface area contributed by atoms with Crippen LogP contribution in [0, 0.1) is 5.92 Å². The molecule has 17 heavy (non-hydrogen) atoms. The van der Waals surface area contributed by atoms with E-state index in [0.29, 0.717) is 12.5 Å². The molecule has 1 aromatic carbocycles. The molecule has 1 aromatic rings. The van der Waals surface area contributed by atoms with Crippen LogP contribution in [0.15, 0.2) is 22.7 Å². The Labute approximate surface area is 112 Å². The summed E-state index contributed by atoms with van der Waals surface area (Å²) in [6.07, 6.45) is 1.71. The van der Waals surface area contributed by atoms with Gasteiger partial charge in [0.2, 0.25) is 0 Å². The van der Waals surface area contributed by atoms with Crippen LogP contribution in [0.2, 0.25) is 0 Å². The van der Waals surface area contributed by atoms with Crippen molar-refractivity contribution in [2.24, 2.45) is 5.92 Å². The SMILES string of the molecule is CC(C)CCCOc1ccc(Br)cc1[C@@H](C)O. The molecule has 3 heteroatoms. The predicted molar refractivity (Wildman–Crippen MR) is 74.3 cm³/mol. The van der Waals surface area contributed by atoms with Gasteiger partial charge in [-0.3, -0.25) is 0 Å². The van der Waals surface area contributed by atoms with Crippen LogP contribution in [0.4, 0.5) is 0 Å². The van der Waals surface area contributed by atoms with Crippen molar-refractivity contribution in [1.29, 1.82) is 0 Å². The van der Waals surface area contributed by atoms with Gasteiger partial charge in [-0.05, 0) is 43.9 Å². The summed E-state index contributed by atoms with van der Waals surface area (Å²) in [4.78, 5) is 0. The second-order valence-electron chi connectivity index (χ2n) is 4.74. The van der Waals surface area contributed by atoms with Gasteiger partial charge in [0.1, 0.15) is 5.75 Å². The van der Waals surface area contributed by atoms with Crippen molar-refractivity contribution >= 4 is 15.9 Å². The zero-order chi connectivity index (χ0) is 12.8. The van der Waals surface area contributed by atoms with Crippen LogP contribution in [0.25, 0.3) is 0 Å². The number of halogens is 1. The van der Waals surface area contributed by atoms with Gasteiger partial charge >= 0.3 is 0 Å². The fraction of sp³-hybridized carbons (Fsp3) is 0.571. The fourth-order valence-electron chi connectivity index (χ4n) is 1.65. The second kappa shape index (κ2) is 7.02. The average molecular weight is 301 g/mol. The molecule has 0 heterocycles. The van der Waals surface area contributed by atoms with Crippen molar-refractivity contribution < 1.29 is 9.84 Å². The predicted octanol–water partition coefficient (Wildman–Crippen LogP) is 4.32. The summed E-state index contributed by atoms with van der Waals surface area (Å²) in [5.74, 6) is 1.49. The van der Waals surface area contributed by atoms with Crippen molar-refractivity contribution in [1.82, 2.24) is 0 Å². The van der Waals surface area contributed by atoms with Gasteiger partial charge in [0.05, 0.1) is 12.7 Å². The van der Waals surface area contributed by atoms with Gasteiger partial charge in [0.25, 0.3) is 0 Å². The highest BCUT2D eigenvalue weighted by Gasteiger charge is 2.09. The summed E-state index contributed by atoms with van der Waals surface area (Å²) in [6.45, 7) is 6.88. The Morgan fingerprint density at radius 1 is 1.29 bits per heavy atom. The maximum absolute atomic E-state index is 9.67. The minimum Gasteiger partial charge on any atom is -0.493 e. The molecule has 0 aliphatic rings. The smallest absolute Gasteiger partial charge is 0.125 e. The highest BCUT2D eigenvalue weighted by molar-refractivity contribution is 9.10. The van der Waals surface area contributed by atoms with Crippen molar-refractivity contribution in [3.63, 3.8) is 0 Å². The summed E-state index contributed by atoms with van der Waals surface area (Å²) in [6, 6.07) is 5.74. The molecule has 0 aliphatic heterocycles. The Balaban J connectivity index is 2.58. The molecule has 0 saturated carbocycles. The molecule has 0 aliphatic carbocycles. The van der Waals surface area contributed by atoms with Gasteiger partial charge in [-0.15, -0.1) is 0 Å². The molecule has 96 valence electrons. The minimum atomic E-state index is -0.507. The van der Waals surface area contributed by atoms with E-state index in [1.165, 1.54) is 6.42 Å². The first-order valence-corrected chi connectivity index (χ1v) is 6.90. The van der Waals surface area contributed by atoms with E-state index in [0.717, 1.165) is 22.2 Å².